The molecule has 1 amide bonds. The number of amides is 1. The Morgan fingerprint density at radius 2 is 2.12 bits per heavy atom. The fraction of sp³-hybridized carbons (Fsp3) is 0.263. The lowest BCUT2D eigenvalue weighted by atomic mass is 10.1. The van der Waals surface area contributed by atoms with Crippen molar-refractivity contribution in [3.8, 4) is 5.88 Å². The standard InChI is InChI=1S/C19H20FN3O2/c1-3-14(4-2)13-25-18-11-17-12-22(9-10-23(17)21-18)19(24)15-5-7-16(20)8-6-15/h3-8,11H,1,9-10,12-13H2,2H3/b14-4+. The summed E-state index contributed by atoms with van der Waals surface area (Å²) in [6.07, 6.45) is 3.69. The predicted octanol–water partition coefficient (Wildman–Crippen LogP) is 3.19. The molecule has 3 rings (SSSR count). The van der Waals surface area contributed by atoms with Crippen molar-refractivity contribution in [1.82, 2.24) is 14.7 Å². The van der Waals surface area contributed by atoms with Crippen LogP contribution in [0.2, 0.25) is 0 Å². The maximum absolute atomic E-state index is 13.0. The van der Waals surface area contributed by atoms with E-state index in [1.165, 1.54) is 24.3 Å². The number of halogens is 1. The van der Waals surface area contributed by atoms with Crippen LogP contribution in [0.3, 0.4) is 0 Å². The molecule has 0 unspecified atom stereocenters. The summed E-state index contributed by atoms with van der Waals surface area (Å²) in [6, 6.07) is 7.45. The molecule has 2 heterocycles. The van der Waals surface area contributed by atoms with Crippen LogP contribution in [0, 0.1) is 5.82 Å². The van der Waals surface area contributed by atoms with Gasteiger partial charge in [0.15, 0.2) is 0 Å². The first kappa shape index (κ1) is 17.0. The van der Waals surface area contributed by atoms with E-state index in [9.17, 15) is 9.18 Å². The van der Waals surface area contributed by atoms with E-state index in [1.54, 1.807) is 11.0 Å². The van der Waals surface area contributed by atoms with Crippen LogP contribution in [0.15, 0.2) is 54.6 Å². The minimum Gasteiger partial charge on any atom is -0.472 e. The van der Waals surface area contributed by atoms with Crippen LogP contribution in [0.4, 0.5) is 4.39 Å². The van der Waals surface area contributed by atoms with E-state index in [2.05, 4.69) is 11.7 Å². The van der Waals surface area contributed by atoms with E-state index >= 15 is 0 Å². The lowest BCUT2D eigenvalue weighted by molar-refractivity contribution is 0.0706. The van der Waals surface area contributed by atoms with Crippen LogP contribution in [-0.4, -0.2) is 33.7 Å². The maximum atomic E-state index is 13.0. The Balaban J connectivity index is 1.68. The largest absolute Gasteiger partial charge is 0.472 e. The van der Waals surface area contributed by atoms with Crippen molar-refractivity contribution < 1.29 is 13.9 Å². The van der Waals surface area contributed by atoms with Crippen LogP contribution >= 0.6 is 0 Å². The Morgan fingerprint density at radius 1 is 1.36 bits per heavy atom. The van der Waals surface area contributed by atoms with Crippen molar-refractivity contribution in [1.29, 1.82) is 0 Å². The van der Waals surface area contributed by atoms with Gasteiger partial charge in [-0.25, -0.2) is 4.39 Å². The molecule has 0 aliphatic carbocycles. The summed E-state index contributed by atoms with van der Waals surface area (Å²) < 4.78 is 20.5. The molecule has 130 valence electrons. The van der Waals surface area contributed by atoms with Crippen molar-refractivity contribution in [2.75, 3.05) is 13.2 Å². The number of hydrogen-bond acceptors (Lipinski definition) is 3. The molecule has 6 heteroatoms. The van der Waals surface area contributed by atoms with Crippen LogP contribution < -0.4 is 4.74 Å². The Labute approximate surface area is 146 Å². The van der Waals surface area contributed by atoms with Gasteiger partial charge >= 0.3 is 0 Å². The van der Waals surface area contributed by atoms with Gasteiger partial charge in [-0.05, 0) is 36.8 Å². The zero-order valence-electron chi connectivity index (χ0n) is 14.1. The summed E-state index contributed by atoms with van der Waals surface area (Å²) in [5.74, 6) is 0.0696. The third kappa shape index (κ3) is 3.79. The highest BCUT2D eigenvalue weighted by Gasteiger charge is 2.23. The van der Waals surface area contributed by atoms with Gasteiger partial charge in [-0.2, -0.15) is 0 Å². The summed E-state index contributed by atoms with van der Waals surface area (Å²) in [5, 5.41) is 4.41. The molecular weight excluding hydrogens is 321 g/mol. The second-order valence-corrected chi connectivity index (χ2v) is 5.79. The second kappa shape index (κ2) is 7.34. The average molecular weight is 341 g/mol. The number of ether oxygens (including phenoxy) is 1. The first-order chi connectivity index (χ1) is 12.1. The highest BCUT2D eigenvalue weighted by atomic mass is 19.1. The summed E-state index contributed by atoms with van der Waals surface area (Å²) in [7, 11) is 0. The lowest BCUT2D eigenvalue weighted by Crippen LogP contribution is -2.38. The summed E-state index contributed by atoms with van der Waals surface area (Å²) in [4.78, 5) is 14.3. The first-order valence-electron chi connectivity index (χ1n) is 8.12. The first-order valence-corrected chi connectivity index (χ1v) is 8.12. The molecule has 0 radical (unpaired) electrons. The van der Waals surface area contributed by atoms with E-state index in [1.807, 2.05) is 23.7 Å². The number of carbonyl (C=O) groups is 1. The topological polar surface area (TPSA) is 47.4 Å². The van der Waals surface area contributed by atoms with Crippen molar-refractivity contribution >= 4 is 5.91 Å². The lowest BCUT2D eigenvalue weighted by Gasteiger charge is -2.27. The normalized spacial score (nSPS) is 14.2. The summed E-state index contributed by atoms with van der Waals surface area (Å²) in [6.45, 7) is 7.67. The fourth-order valence-electron chi connectivity index (χ4n) is 2.68. The molecule has 1 aromatic carbocycles. The van der Waals surface area contributed by atoms with Crippen LogP contribution in [-0.2, 0) is 13.1 Å². The van der Waals surface area contributed by atoms with E-state index in [0.29, 0.717) is 37.7 Å². The van der Waals surface area contributed by atoms with Gasteiger partial charge in [-0.1, -0.05) is 18.7 Å². The molecule has 0 bridgehead atoms. The number of rotatable bonds is 5. The SMILES string of the molecule is C=C/C(=C\C)COc1cc2n(n1)CCN(C(=O)c1ccc(F)cc1)C2. The number of allylic oxidation sites excluding steroid dienone is 1. The predicted molar refractivity (Wildman–Crippen MR) is 92.8 cm³/mol. The molecule has 0 atom stereocenters. The minimum atomic E-state index is -0.352. The van der Waals surface area contributed by atoms with E-state index < -0.39 is 0 Å². The Hall–Kier alpha value is -2.89. The molecule has 0 saturated heterocycles. The zero-order valence-corrected chi connectivity index (χ0v) is 14.1. The Morgan fingerprint density at radius 3 is 2.80 bits per heavy atom. The molecule has 0 saturated carbocycles. The molecule has 5 nitrogen and oxygen atoms in total. The van der Waals surface area contributed by atoms with Crippen LogP contribution in [0.5, 0.6) is 5.88 Å². The molecular formula is C19H20FN3O2. The van der Waals surface area contributed by atoms with Crippen molar-refractivity contribution in [2.24, 2.45) is 0 Å². The zero-order chi connectivity index (χ0) is 17.8. The Bertz CT molecular complexity index is 809. The molecule has 0 fully saturated rings. The Kier molecular flexibility index (Phi) is 4.97. The van der Waals surface area contributed by atoms with Gasteiger partial charge in [0, 0.05) is 18.2 Å². The van der Waals surface area contributed by atoms with Gasteiger partial charge < -0.3 is 9.64 Å². The fourth-order valence-corrected chi connectivity index (χ4v) is 2.68. The highest BCUT2D eigenvalue weighted by molar-refractivity contribution is 5.94. The molecule has 1 aliphatic rings. The third-order valence-corrected chi connectivity index (χ3v) is 4.17. The molecule has 25 heavy (non-hydrogen) atoms. The molecule has 2 aromatic rings. The molecule has 0 spiro atoms. The van der Waals surface area contributed by atoms with Crippen molar-refractivity contribution in [3.63, 3.8) is 0 Å². The van der Waals surface area contributed by atoms with Crippen LogP contribution in [0.1, 0.15) is 23.0 Å². The molecule has 1 aliphatic heterocycles. The quantitative estimate of drug-likeness (QED) is 0.785. The average Bonchev–Trinajstić information content (AvgIpc) is 3.04. The molecule has 1 aromatic heterocycles. The smallest absolute Gasteiger partial charge is 0.254 e. The number of fused-ring (bicyclic) bond motifs is 1. The van der Waals surface area contributed by atoms with E-state index in [-0.39, 0.29) is 11.7 Å². The molecule has 0 N–H and O–H groups in total. The van der Waals surface area contributed by atoms with Crippen molar-refractivity contribution in [3.05, 3.63) is 71.7 Å². The summed E-state index contributed by atoms with van der Waals surface area (Å²) >= 11 is 0. The summed E-state index contributed by atoms with van der Waals surface area (Å²) in [5.41, 5.74) is 2.38. The van der Waals surface area contributed by atoms with Crippen LogP contribution in [0.25, 0.3) is 0 Å². The third-order valence-electron chi connectivity index (χ3n) is 4.17. The van der Waals surface area contributed by atoms with Gasteiger partial charge in [0.1, 0.15) is 12.4 Å². The monoisotopic (exact) mass is 341 g/mol. The second-order valence-electron chi connectivity index (χ2n) is 5.79. The van der Waals surface area contributed by atoms with Crippen molar-refractivity contribution in [2.45, 2.75) is 20.0 Å². The number of carbonyl (C=O) groups excluding carboxylic acids is 1. The van der Waals surface area contributed by atoms with Gasteiger partial charge in [0.2, 0.25) is 5.88 Å². The van der Waals surface area contributed by atoms with Gasteiger partial charge in [0.05, 0.1) is 18.8 Å². The van der Waals surface area contributed by atoms with E-state index in [0.717, 1.165) is 11.3 Å². The van der Waals surface area contributed by atoms with E-state index in [4.69, 9.17) is 4.74 Å². The number of hydrogen-bond donors (Lipinski definition) is 0. The highest BCUT2D eigenvalue weighted by Crippen LogP contribution is 2.20. The van der Waals surface area contributed by atoms with Gasteiger partial charge in [0.25, 0.3) is 5.91 Å². The minimum absolute atomic E-state index is 0.113. The number of aromatic nitrogens is 2. The maximum Gasteiger partial charge on any atom is 0.254 e. The number of nitrogens with zero attached hydrogens (tertiary/aromatic N) is 3. The number of benzene rings is 1. The van der Waals surface area contributed by atoms with Gasteiger partial charge in [-0.3, -0.25) is 9.48 Å². The van der Waals surface area contributed by atoms with Gasteiger partial charge in [-0.15, -0.1) is 5.10 Å².